The van der Waals surface area contributed by atoms with Crippen LogP contribution >= 0.6 is 0 Å². The van der Waals surface area contributed by atoms with Crippen molar-refractivity contribution < 1.29 is 4.74 Å². The van der Waals surface area contributed by atoms with Gasteiger partial charge in [0.05, 0.1) is 12.3 Å². The van der Waals surface area contributed by atoms with Crippen molar-refractivity contribution in [2.75, 3.05) is 19.5 Å². The van der Waals surface area contributed by atoms with E-state index in [0.717, 1.165) is 17.3 Å². The molecular formula is C14H27N3O. The van der Waals surface area contributed by atoms with Crippen molar-refractivity contribution in [2.45, 2.75) is 58.9 Å². The summed E-state index contributed by atoms with van der Waals surface area (Å²) in [6, 6.07) is 0. The number of nitrogens with zero attached hydrogens (tertiary/aromatic N) is 2. The van der Waals surface area contributed by atoms with Crippen LogP contribution in [0.2, 0.25) is 0 Å². The molecule has 4 nitrogen and oxygen atoms in total. The molecule has 4 heteroatoms. The van der Waals surface area contributed by atoms with E-state index in [0.29, 0.717) is 12.5 Å². The summed E-state index contributed by atoms with van der Waals surface area (Å²) in [6.07, 6.45) is 0. The summed E-state index contributed by atoms with van der Waals surface area (Å²) in [5.41, 5.74) is 7.20. The summed E-state index contributed by atoms with van der Waals surface area (Å²) in [5, 5.41) is 0. The molecule has 0 aliphatic heterocycles. The van der Waals surface area contributed by atoms with Gasteiger partial charge in [-0.15, -0.1) is 0 Å². The molecule has 0 aliphatic carbocycles. The van der Waals surface area contributed by atoms with E-state index in [1.165, 1.54) is 0 Å². The van der Waals surface area contributed by atoms with Crippen molar-refractivity contribution in [3.8, 4) is 0 Å². The second-order valence-corrected chi connectivity index (χ2v) is 6.26. The quantitative estimate of drug-likeness (QED) is 0.897. The molecule has 18 heavy (non-hydrogen) atoms. The van der Waals surface area contributed by atoms with Crippen LogP contribution in [0.25, 0.3) is 0 Å². The van der Waals surface area contributed by atoms with E-state index >= 15 is 0 Å². The van der Waals surface area contributed by atoms with Gasteiger partial charge in [-0.25, -0.2) is 4.98 Å². The van der Waals surface area contributed by atoms with Gasteiger partial charge in [0.15, 0.2) is 0 Å². The van der Waals surface area contributed by atoms with Crippen LogP contribution in [0.3, 0.4) is 0 Å². The van der Waals surface area contributed by atoms with E-state index in [-0.39, 0.29) is 11.5 Å². The predicted molar refractivity (Wildman–Crippen MR) is 76.0 cm³/mol. The van der Waals surface area contributed by atoms with E-state index in [4.69, 9.17) is 15.5 Å². The van der Waals surface area contributed by atoms with Gasteiger partial charge in [-0.05, 0) is 20.8 Å². The molecule has 0 saturated heterocycles. The maximum Gasteiger partial charge on any atom is 0.127 e. The zero-order chi connectivity index (χ0) is 14.1. The lowest BCUT2D eigenvalue weighted by Crippen LogP contribution is -2.26. The lowest BCUT2D eigenvalue weighted by molar-refractivity contribution is 0.183. The summed E-state index contributed by atoms with van der Waals surface area (Å²) in [7, 11) is 1.71. The van der Waals surface area contributed by atoms with E-state index in [2.05, 4.69) is 46.1 Å². The highest BCUT2D eigenvalue weighted by atomic mass is 16.5. The number of aromatic nitrogens is 2. The number of nitrogen functional groups attached to an aromatic ring is 1. The Kier molecular flexibility index (Phi) is 4.43. The Labute approximate surface area is 111 Å². The minimum Gasteiger partial charge on any atom is -0.384 e. The highest BCUT2D eigenvalue weighted by Crippen LogP contribution is 2.32. The van der Waals surface area contributed by atoms with Crippen LogP contribution in [0.15, 0.2) is 0 Å². The number of anilines is 1. The highest BCUT2D eigenvalue weighted by molar-refractivity contribution is 5.42. The first-order valence-electron chi connectivity index (χ1n) is 6.57. The van der Waals surface area contributed by atoms with Crippen molar-refractivity contribution in [2.24, 2.45) is 0 Å². The molecule has 1 rings (SSSR count). The first-order chi connectivity index (χ1) is 8.20. The molecule has 0 fully saturated rings. The molecule has 1 atom stereocenters. The summed E-state index contributed by atoms with van der Waals surface area (Å²) in [6.45, 7) is 13.5. The molecule has 1 heterocycles. The van der Waals surface area contributed by atoms with Crippen molar-refractivity contribution in [3.63, 3.8) is 0 Å². The smallest absolute Gasteiger partial charge is 0.127 e. The second-order valence-electron chi connectivity index (χ2n) is 6.26. The third kappa shape index (κ3) is 2.86. The molecule has 0 aliphatic rings. The second kappa shape index (κ2) is 5.31. The van der Waals surface area contributed by atoms with Crippen LogP contribution in [-0.2, 0) is 10.3 Å². The van der Waals surface area contributed by atoms with Crippen molar-refractivity contribution >= 4 is 5.82 Å². The third-order valence-electron chi connectivity index (χ3n) is 3.04. The Morgan fingerprint density at radius 3 is 2.17 bits per heavy atom. The number of ether oxygens (including phenoxy) is 1. The maximum absolute atomic E-state index is 6.30. The molecule has 0 radical (unpaired) electrons. The zero-order valence-corrected chi connectivity index (χ0v) is 12.7. The van der Waals surface area contributed by atoms with Crippen molar-refractivity contribution in [1.29, 1.82) is 0 Å². The fraction of sp³-hybridized carbons (Fsp3) is 0.786. The van der Waals surface area contributed by atoms with Crippen LogP contribution in [0.4, 0.5) is 5.82 Å². The van der Waals surface area contributed by atoms with Gasteiger partial charge < -0.3 is 15.0 Å². The number of methoxy groups -OCH3 is 1. The predicted octanol–water partition coefficient (Wildman–Crippen LogP) is 3.09. The van der Waals surface area contributed by atoms with Gasteiger partial charge in [0.2, 0.25) is 0 Å². The van der Waals surface area contributed by atoms with Gasteiger partial charge >= 0.3 is 0 Å². The molecule has 1 unspecified atom stereocenters. The van der Waals surface area contributed by atoms with Gasteiger partial charge in [0.1, 0.15) is 11.6 Å². The Bertz CT molecular complexity index is 402. The topological polar surface area (TPSA) is 53.1 Å². The molecule has 0 amide bonds. The Hall–Kier alpha value is -1.03. The Morgan fingerprint density at radius 1 is 1.28 bits per heavy atom. The van der Waals surface area contributed by atoms with E-state index < -0.39 is 0 Å². The summed E-state index contributed by atoms with van der Waals surface area (Å²) >= 11 is 0. The molecule has 0 aromatic carbocycles. The molecule has 1 aromatic heterocycles. The minimum atomic E-state index is -0.0538. The Morgan fingerprint density at radius 2 is 1.83 bits per heavy atom. The van der Waals surface area contributed by atoms with E-state index in [9.17, 15) is 0 Å². The average molecular weight is 253 g/mol. The average Bonchev–Trinajstić information content (AvgIpc) is 2.55. The molecular weight excluding hydrogens is 226 g/mol. The highest BCUT2D eigenvalue weighted by Gasteiger charge is 2.27. The summed E-state index contributed by atoms with van der Waals surface area (Å²) < 4.78 is 7.36. The number of nitrogens with two attached hydrogens (primary N) is 1. The van der Waals surface area contributed by atoms with Gasteiger partial charge in [-0.1, -0.05) is 20.8 Å². The fourth-order valence-electron chi connectivity index (χ4n) is 2.25. The van der Waals surface area contributed by atoms with Crippen molar-refractivity contribution in [3.05, 3.63) is 11.5 Å². The molecule has 0 saturated carbocycles. The van der Waals surface area contributed by atoms with Crippen LogP contribution in [0.1, 0.15) is 64.9 Å². The first-order valence-corrected chi connectivity index (χ1v) is 6.57. The number of rotatable bonds is 4. The van der Waals surface area contributed by atoms with Gasteiger partial charge in [0, 0.05) is 24.5 Å². The Balaban J connectivity index is 3.33. The lowest BCUT2D eigenvalue weighted by Gasteiger charge is -2.26. The largest absolute Gasteiger partial charge is 0.384 e. The van der Waals surface area contributed by atoms with Crippen LogP contribution in [-0.4, -0.2) is 23.3 Å². The summed E-state index contributed by atoms with van der Waals surface area (Å²) in [4.78, 5) is 4.75. The number of imidazole rings is 1. The summed E-state index contributed by atoms with van der Waals surface area (Å²) in [5.74, 6) is 2.40. The molecule has 0 spiro atoms. The number of hydrogen-bond donors (Lipinski definition) is 1. The minimum absolute atomic E-state index is 0.0538. The van der Waals surface area contributed by atoms with Crippen LogP contribution < -0.4 is 5.73 Å². The molecule has 104 valence electrons. The van der Waals surface area contributed by atoms with Crippen LogP contribution in [0.5, 0.6) is 0 Å². The molecule has 2 N–H and O–H groups in total. The standard InChI is InChI=1S/C14H27N3O/c1-9(2)13-16-11(10(3)8-18-7)12(15)17(13)14(4,5)6/h9-10H,8,15H2,1-7H3. The van der Waals surface area contributed by atoms with Crippen LogP contribution in [0, 0.1) is 0 Å². The number of hydrogen-bond acceptors (Lipinski definition) is 3. The fourth-order valence-corrected chi connectivity index (χ4v) is 2.25. The van der Waals surface area contributed by atoms with E-state index in [1.807, 2.05) is 0 Å². The zero-order valence-electron chi connectivity index (χ0n) is 12.7. The normalized spacial score (nSPS) is 14.2. The van der Waals surface area contributed by atoms with Crippen molar-refractivity contribution in [1.82, 2.24) is 9.55 Å². The monoisotopic (exact) mass is 253 g/mol. The van der Waals surface area contributed by atoms with Gasteiger partial charge in [-0.3, -0.25) is 0 Å². The van der Waals surface area contributed by atoms with E-state index in [1.54, 1.807) is 7.11 Å². The SMILES string of the molecule is COCC(C)c1nc(C(C)C)n(C(C)(C)C)c1N. The molecule has 0 bridgehead atoms. The van der Waals surface area contributed by atoms with Gasteiger partial charge in [0.25, 0.3) is 0 Å². The maximum atomic E-state index is 6.30. The lowest BCUT2D eigenvalue weighted by atomic mass is 10.1. The van der Waals surface area contributed by atoms with Gasteiger partial charge in [-0.2, -0.15) is 0 Å². The third-order valence-corrected chi connectivity index (χ3v) is 3.04. The molecule has 1 aromatic rings. The first kappa shape index (κ1) is 15.0.